The summed E-state index contributed by atoms with van der Waals surface area (Å²) < 4.78 is 0. The second kappa shape index (κ2) is 2.73. The van der Waals surface area contributed by atoms with Crippen LogP contribution in [0.2, 0.25) is 0 Å². The van der Waals surface area contributed by atoms with Crippen LogP contribution in [0.4, 0.5) is 0 Å². The van der Waals surface area contributed by atoms with Gasteiger partial charge in [0.1, 0.15) is 5.54 Å². The highest BCUT2D eigenvalue weighted by atomic mass is 16.4. The van der Waals surface area contributed by atoms with Gasteiger partial charge in [-0.2, -0.15) is 0 Å². The molecule has 12 heavy (non-hydrogen) atoms. The highest BCUT2D eigenvalue weighted by molar-refractivity contribution is 5.78. The molecule has 1 atom stereocenters. The number of aliphatic carboxylic acids is 1. The lowest BCUT2D eigenvalue weighted by atomic mass is 9.68. The summed E-state index contributed by atoms with van der Waals surface area (Å²) in [5.41, 5.74) is 4.90. The van der Waals surface area contributed by atoms with Crippen molar-refractivity contribution in [3.05, 3.63) is 0 Å². The van der Waals surface area contributed by atoms with E-state index in [2.05, 4.69) is 13.8 Å². The Morgan fingerprint density at radius 3 is 2.33 bits per heavy atom. The fourth-order valence-corrected chi connectivity index (χ4v) is 2.10. The lowest BCUT2D eigenvalue weighted by molar-refractivity contribution is -0.146. The predicted octanol–water partition coefficient (Wildman–Crippen LogP) is 1.37. The molecule has 1 aliphatic carbocycles. The molecule has 0 saturated heterocycles. The van der Waals surface area contributed by atoms with E-state index in [1.54, 1.807) is 0 Å². The maximum atomic E-state index is 10.8. The summed E-state index contributed by atoms with van der Waals surface area (Å²) in [6, 6.07) is 0. The van der Waals surface area contributed by atoms with E-state index in [-0.39, 0.29) is 5.41 Å². The Kier molecular flexibility index (Phi) is 2.17. The van der Waals surface area contributed by atoms with Crippen molar-refractivity contribution in [2.24, 2.45) is 11.1 Å². The fraction of sp³-hybridized carbons (Fsp3) is 0.889. The summed E-state index contributed by atoms with van der Waals surface area (Å²) in [4.78, 5) is 10.8. The molecule has 0 aromatic rings. The van der Waals surface area contributed by atoms with Crippen LogP contribution >= 0.6 is 0 Å². The maximum absolute atomic E-state index is 10.8. The van der Waals surface area contributed by atoms with Crippen LogP contribution in [0.25, 0.3) is 0 Å². The number of hydrogen-bond donors (Lipinski definition) is 2. The van der Waals surface area contributed by atoms with Crippen LogP contribution in [0.1, 0.15) is 39.5 Å². The van der Waals surface area contributed by atoms with Crippen molar-refractivity contribution in [3.8, 4) is 0 Å². The number of carboxylic acids is 1. The van der Waals surface area contributed by atoms with Crippen LogP contribution in [0.5, 0.6) is 0 Å². The predicted molar refractivity (Wildman–Crippen MR) is 46.8 cm³/mol. The highest BCUT2D eigenvalue weighted by Crippen LogP contribution is 2.39. The largest absolute Gasteiger partial charge is 0.480 e. The van der Waals surface area contributed by atoms with E-state index in [1.807, 2.05) is 0 Å². The molecule has 0 aliphatic heterocycles. The Morgan fingerprint density at radius 1 is 1.42 bits per heavy atom. The molecule has 1 unspecified atom stereocenters. The third-order valence-corrected chi connectivity index (χ3v) is 2.70. The summed E-state index contributed by atoms with van der Waals surface area (Å²) in [6.07, 6.45) is 3.22. The Balaban J connectivity index is 2.74. The summed E-state index contributed by atoms with van der Waals surface area (Å²) in [5.74, 6) is -0.852. The van der Waals surface area contributed by atoms with E-state index in [0.717, 1.165) is 12.8 Å². The van der Waals surface area contributed by atoms with Gasteiger partial charge in [0.25, 0.3) is 0 Å². The first-order valence-corrected chi connectivity index (χ1v) is 4.38. The molecule has 1 aliphatic rings. The highest BCUT2D eigenvalue weighted by Gasteiger charge is 2.42. The van der Waals surface area contributed by atoms with Crippen LogP contribution in [0.15, 0.2) is 0 Å². The summed E-state index contributed by atoms with van der Waals surface area (Å²) in [6.45, 7) is 4.16. The second-order valence-electron chi connectivity index (χ2n) is 4.66. The van der Waals surface area contributed by atoms with Gasteiger partial charge in [-0.25, -0.2) is 0 Å². The van der Waals surface area contributed by atoms with Crippen LogP contribution in [0.3, 0.4) is 0 Å². The van der Waals surface area contributed by atoms with E-state index >= 15 is 0 Å². The molecule has 0 spiro atoms. The van der Waals surface area contributed by atoms with Gasteiger partial charge in [-0.05, 0) is 24.7 Å². The SMILES string of the molecule is CC1(C)CCCC(N)(C(=O)O)C1. The lowest BCUT2D eigenvalue weighted by Gasteiger charge is -2.39. The van der Waals surface area contributed by atoms with Crippen molar-refractivity contribution >= 4 is 5.97 Å². The molecule has 1 fully saturated rings. The average molecular weight is 171 g/mol. The molecular formula is C9H17NO2. The van der Waals surface area contributed by atoms with Crippen LogP contribution < -0.4 is 5.73 Å². The molecule has 0 aromatic carbocycles. The van der Waals surface area contributed by atoms with Gasteiger partial charge < -0.3 is 10.8 Å². The first kappa shape index (κ1) is 9.52. The summed E-state index contributed by atoms with van der Waals surface area (Å²) in [7, 11) is 0. The maximum Gasteiger partial charge on any atom is 0.323 e. The molecule has 1 saturated carbocycles. The number of rotatable bonds is 1. The Morgan fingerprint density at radius 2 is 2.00 bits per heavy atom. The van der Waals surface area contributed by atoms with Crippen molar-refractivity contribution in [1.82, 2.24) is 0 Å². The minimum atomic E-state index is -0.970. The molecule has 0 heterocycles. The molecule has 3 nitrogen and oxygen atoms in total. The van der Waals surface area contributed by atoms with Gasteiger partial charge in [0.05, 0.1) is 0 Å². The molecule has 0 bridgehead atoms. The molecule has 0 amide bonds. The molecule has 0 radical (unpaired) electrons. The minimum absolute atomic E-state index is 0.0887. The Hall–Kier alpha value is -0.570. The molecule has 70 valence electrons. The van der Waals surface area contributed by atoms with Gasteiger partial charge in [-0.15, -0.1) is 0 Å². The second-order valence-corrected chi connectivity index (χ2v) is 4.66. The van der Waals surface area contributed by atoms with Crippen molar-refractivity contribution < 1.29 is 9.90 Å². The number of carboxylic acid groups (broad SMARTS) is 1. The van der Waals surface area contributed by atoms with Crippen molar-refractivity contribution in [3.63, 3.8) is 0 Å². The van der Waals surface area contributed by atoms with E-state index < -0.39 is 11.5 Å². The monoisotopic (exact) mass is 171 g/mol. The third-order valence-electron chi connectivity index (χ3n) is 2.70. The standard InChI is InChI=1S/C9H17NO2/c1-8(2)4-3-5-9(10,6-8)7(11)12/h3-6,10H2,1-2H3,(H,11,12). The van der Waals surface area contributed by atoms with Gasteiger partial charge in [0.15, 0.2) is 0 Å². The lowest BCUT2D eigenvalue weighted by Crippen LogP contribution is -2.53. The molecule has 0 aromatic heterocycles. The van der Waals surface area contributed by atoms with Gasteiger partial charge in [0.2, 0.25) is 0 Å². The Bertz CT molecular complexity index is 201. The van der Waals surface area contributed by atoms with Gasteiger partial charge in [-0.3, -0.25) is 4.79 Å². The van der Waals surface area contributed by atoms with Crippen LogP contribution in [-0.4, -0.2) is 16.6 Å². The van der Waals surface area contributed by atoms with E-state index in [9.17, 15) is 4.79 Å². The molecular weight excluding hydrogens is 154 g/mol. The van der Waals surface area contributed by atoms with Gasteiger partial charge in [0, 0.05) is 0 Å². The molecule has 3 N–H and O–H groups in total. The summed E-state index contributed by atoms with van der Waals surface area (Å²) >= 11 is 0. The number of hydrogen-bond acceptors (Lipinski definition) is 2. The van der Waals surface area contributed by atoms with Crippen molar-refractivity contribution in [2.45, 2.75) is 45.1 Å². The first-order chi connectivity index (χ1) is 5.36. The quantitative estimate of drug-likeness (QED) is 0.626. The zero-order chi connectivity index (χ0) is 9.41. The van der Waals surface area contributed by atoms with Crippen molar-refractivity contribution in [2.75, 3.05) is 0 Å². The number of carbonyl (C=O) groups is 1. The molecule has 1 rings (SSSR count). The zero-order valence-electron chi connectivity index (χ0n) is 7.76. The fourth-order valence-electron chi connectivity index (χ4n) is 2.10. The average Bonchev–Trinajstić information content (AvgIpc) is 1.83. The van der Waals surface area contributed by atoms with E-state index in [0.29, 0.717) is 12.8 Å². The van der Waals surface area contributed by atoms with Gasteiger partial charge in [-0.1, -0.05) is 20.3 Å². The topological polar surface area (TPSA) is 63.3 Å². The minimum Gasteiger partial charge on any atom is -0.480 e. The Labute approximate surface area is 72.9 Å². The van der Waals surface area contributed by atoms with Crippen LogP contribution in [0, 0.1) is 5.41 Å². The summed E-state index contributed by atoms with van der Waals surface area (Å²) in [5, 5.41) is 8.90. The molecule has 3 heteroatoms. The zero-order valence-corrected chi connectivity index (χ0v) is 7.76. The third kappa shape index (κ3) is 1.78. The number of nitrogens with two attached hydrogens (primary N) is 1. The smallest absolute Gasteiger partial charge is 0.323 e. The van der Waals surface area contributed by atoms with Crippen molar-refractivity contribution in [1.29, 1.82) is 0 Å². The first-order valence-electron chi connectivity index (χ1n) is 4.38. The van der Waals surface area contributed by atoms with E-state index in [1.165, 1.54) is 0 Å². The van der Waals surface area contributed by atoms with E-state index in [4.69, 9.17) is 10.8 Å². The normalized spacial score (nSPS) is 34.6. The van der Waals surface area contributed by atoms with Crippen LogP contribution in [-0.2, 0) is 4.79 Å². The van der Waals surface area contributed by atoms with Gasteiger partial charge >= 0.3 is 5.97 Å².